The van der Waals surface area contributed by atoms with Crippen LogP contribution in [-0.4, -0.2) is 41.2 Å². The lowest BCUT2D eigenvalue weighted by atomic mass is 10.0. The van der Waals surface area contributed by atoms with Gasteiger partial charge in [-0.25, -0.2) is 8.42 Å². The standard InChI is InChI=1S/C25H25ClN2O5S/c1-5-14-28(17(2)15-25(29)33-4)23-12-11-22(19-8-6-7-9-20(19)23)27-34(30,31)18-10-13-24(32-3)21(26)16-18/h1,6-13,16-17,27H,14-15H2,2-4H3/t17-/m0/s1. The number of ether oxygens (including phenoxy) is 2. The molecule has 34 heavy (non-hydrogen) atoms. The Kier molecular flexibility index (Phi) is 7.92. The highest BCUT2D eigenvalue weighted by atomic mass is 35.5. The van der Waals surface area contributed by atoms with Crippen LogP contribution in [0.3, 0.4) is 0 Å². The Hall–Kier alpha value is -3.41. The van der Waals surface area contributed by atoms with Crippen molar-refractivity contribution >= 4 is 49.7 Å². The number of rotatable bonds is 9. The van der Waals surface area contributed by atoms with E-state index in [1.165, 1.54) is 32.4 Å². The normalized spacial score (nSPS) is 12.0. The lowest BCUT2D eigenvalue weighted by Crippen LogP contribution is -2.35. The van der Waals surface area contributed by atoms with Crippen molar-refractivity contribution in [3.8, 4) is 18.1 Å². The first-order valence-corrected chi connectivity index (χ1v) is 12.2. The fourth-order valence-corrected chi connectivity index (χ4v) is 5.08. The van der Waals surface area contributed by atoms with E-state index < -0.39 is 10.0 Å². The quantitative estimate of drug-likeness (QED) is 0.339. The zero-order valence-electron chi connectivity index (χ0n) is 19.0. The molecule has 3 aromatic rings. The number of fused-ring (bicyclic) bond motifs is 1. The zero-order chi connectivity index (χ0) is 24.9. The molecule has 0 heterocycles. The van der Waals surface area contributed by atoms with Crippen molar-refractivity contribution in [2.24, 2.45) is 0 Å². The summed E-state index contributed by atoms with van der Waals surface area (Å²) < 4.78 is 38.7. The summed E-state index contributed by atoms with van der Waals surface area (Å²) in [5, 5.41) is 1.65. The Balaban J connectivity index is 2.04. The van der Waals surface area contributed by atoms with Crippen molar-refractivity contribution in [3.05, 3.63) is 59.6 Å². The van der Waals surface area contributed by atoms with Gasteiger partial charge in [-0.3, -0.25) is 9.52 Å². The summed E-state index contributed by atoms with van der Waals surface area (Å²) in [7, 11) is -1.13. The molecule has 178 valence electrons. The lowest BCUT2D eigenvalue weighted by molar-refractivity contribution is -0.140. The van der Waals surface area contributed by atoms with Gasteiger partial charge in [0.1, 0.15) is 5.75 Å². The Morgan fingerprint density at radius 2 is 1.85 bits per heavy atom. The number of esters is 1. The van der Waals surface area contributed by atoms with Gasteiger partial charge in [-0.15, -0.1) is 6.42 Å². The van der Waals surface area contributed by atoms with Crippen molar-refractivity contribution in [1.82, 2.24) is 0 Å². The molecule has 3 rings (SSSR count). The first-order valence-electron chi connectivity index (χ1n) is 10.4. The molecule has 0 aliphatic carbocycles. The van der Waals surface area contributed by atoms with Gasteiger partial charge in [-0.05, 0) is 37.3 Å². The maximum atomic E-state index is 13.1. The summed E-state index contributed by atoms with van der Waals surface area (Å²) in [4.78, 5) is 13.8. The number of anilines is 2. The SMILES string of the molecule is C#CCN(c1ccc(NS(=O)(=O)c2ccc(OC)c(Cl)c2)c2ccccc12)[C@@H](C)CC(=O)OC. The molecule has 0 aromatic heterocycles. The molecule has 0 saturated carbocycles. The van der Waals surface area contributed by atoms with Gasteiger partial charge < -0.3 is 14.4 Å². The Morgan fingerprint density at radius 3 is 2.47 bits per heavy atom. The highest BCUT2D eigenvalue weighted by Crippen LogP contribution is 2.35. The molecule has 7 nitrogen and oxygen atoms in total. The molecule has 0 radical (unpaired) electrons. The first-order chi connectivity index (χ1) is 16.2. The number of terminal acetylenes is 1. The maximum absolute atomic E-state index is 13.1. The minimum Gasteiger partial charge on any atom is -0.495 e. The molecule has 0 saturated heterocycles. The summed E-state index contributed by atoms with van der Waals surface area (Å²) in [5.74, 6) is 2.67. The van der Waals surface area contributed by atoms with E-state index >= 15 is 0 Å². The second kappa shape index (κ2) is 10.7. The second-order valence-electron chi connectivity index (χ2n) is 7.54. The number of hydrogen-bond acceptors (Lipinski definition) is 6. The average Bonchev–Trinajstić information content (AvgIpc) is 2.82. The van der Waals surface area contributed by atoms with Crippen LogP contribution >= 0.6 is 11.6 Å². The predicted octanol–water partition coefficient (Wildman–Crippen LogP) is 4.69. The van der Waals surface area contributed by atoms with Crippen LogP contribution in [0.2, 0.25) is 5.02 Å². The van der Waals surface area contributed by atoms with E-state index in [1.807, 2.05) is 36.1 Å². The molecule has 0 aliphatic heterocycles. The number of carbonyl (C=O) groups is 1. The average molecular weight is 501 g/mol. The van der Waals surface area contributed by atoms with E-state index in [0.717, 1.165) is 11.1 Å². The summed E-state index contributed by atoms with van der Waals surface area (Å²) in [5.41, 5.74) is 1.17. The number of benzene rings is 3. The summed E-state index contributed by atoms with van der Waals surface area (Å²) in [6.07, 6.45) is 5.76. The van der Waals surface area contributed by atoms with Crippen molar-refractivity contribution in [1.29, 1.82) is 0 Å². The fourth-order valence-electron chi connectivity index (χ4n) is 3.65. The van der Waals surface area contributed by atoms with Crippen molar-refractivity contribution in [2.45, 2.75) is 24.3 Å². The van der Waals surface area contributed by atoms with Crippen LogP contribution in [0.1, 0.15) is 13.3 Å². The van der Waals surface area contributed by atoms with Crippen molar-refractivity contribution in [2.75, 3.05) is 30.4 Å². The van der Waals surface area contributed by atoms with E-state index in [9.17, 15) is 13.2 Å². The number of sulfonamides is 1. The molecule has 3 aromatic carbocycles. The number of nitrogens with zero attached hydrogens (tertiary/aromatic N) is 1. The van der Waals surface area contributed by atoms with Gasteiger partial charge in [0, 0.05) is 22.5 Å². The van der Waals surface area contributed by atoms with Gasteiger partial charge >= 0.3 is 5.97 Å². The van der Waals surface area contributed by atoms with Gasteiger partial charge in [0.05, 0.1) is 42.8 Å². The van der Waals surface area contributed by atoms with Crippen LogP contribution in [0.25, 0.3) is 10.8 Å². The minimum atomic E-state index is -3.93. The molecule has 9 heteroatoms. The highest BCUT2D eigenvalue weighted by Gasteiger charge is 2.22. The molecule has 1 atom stereocenters. The smallest absolute Gasteiger partial charge is 0.307 e. The Morgan fingerprint density at radius 1 is 1.15 bits per heavy atom. The van der Waals surface area contributed by atoms with E-state index in [1.54, 1.807) is 12.1 Å². The maximum Gasteiger partial charge on any atom is 0.307 e. The lowest BCUT2D eigenvalue weighted by Gasteiger charge is -2.30. The number of nitrogens with one attached hydrogen (secondary N) is 1. The fraction of sp³-hybridized carbons (Fsp3) is 0.240. The number of hydrogen-bond donors (Lipinski definition) is 1. The van der Waals surface area contributed by atoms with Crippen LogP contribution in [0, 0.1) is 12.3 Å². The first kappa shape index (κ1) is 25.2. The van der Waals surface area contributed by atoms with Gasteiger partial charge in [0.15, 0.2) is 0 Å². The molecule has 0 aliphatic rings. The van der Waals surface area contributed by atoms with E-state index in [4.69, 9.17) is 27.5 Å². The molecule has 0 fully saturated rings. The second-order valence-corrected chi connectivity index (χ2v) is 9.63. The van der Waals surface area contributed by atoms with Gasteiger partial charge in [0.2, 0.25) is 0 Å². The van der Waals surface area contributed by atoms with Crippen LogP contribution < -0.4 is 14.4 Å². The molecule has 0 unspecified atom stereocenters. The van der Waals surface area contributed by atoms with Crippen LogP contribution in [0.15, 0.2) is 59.5 Å². The van der Waals surface area contributed by atoms with Crippen molar-refractivity contribution in [3.63, 3.8) is 0 Å². The zero-order valence-corrected chi connectivity index (χ0v) is 20.6. The van der Waals surface area contributed by atoms with Gasteiger partial charge in [0.25, 0.3) is 10.0 Å². The summed E-state index contributed by atoms with van der Waals surface area (Å²) in [6, 6.07) is 14.8. The van der Waals surface area contributed by atoms with Crippen molar-refractivity contribution < 1.29 is 22.7 Å². The summed E-state index contributed by atoms with van der Waals surface area (Å²) >= 11 is 6.12. The third-order valence-corrected chi connectivity index (χ3v) is 7.03. The minimum absolute atomic E-state index is 0.00659. The number of carbonyl (C=O) groups excluding carboxylic acids is 1. The third kappa shape index (κ3) is 5.38. The van der Waals surface area contributed by atoms with Crippen LogP contribution in [0.4, 0.5) is 11.4 Å². The summed E-state index contributed by atoms with van der Waals surface area (Å²) in [6.45, 7) is 2.14. The van der Waals surface area contributed by atoms with Crippen LogP contribution in [0.5, 0.6) is 5.75 Å². The van der Waals surface area contributed by atoms with E-state index in [2.05, 4.69) is 10.6 Å². The van der Waals surface area contributed by atoms with E-state index in [-0.39, 0.29) is 34.9 Å². The Bertz CT molecular complexity index is 1350. The predicted molar refractivity (Wildman–Crippen MR) is 135 cm³/mol. The molecule has 1 N–H and O–H groups in total. The van der Waals surface area contributed by atoms with Gasteiger partial charge in [-0.2, -0.15) is 0 Å². The highest BCUT2D eigenvalue weighted by molar-refractivity contribution is 7.92. The number of methoxy groups -OCH3 is 2. The third-order valence-electron chi connectivity index (χ3n) is 5.37. The van der Waals surface area contributed by atoms with Crippen LogP contribution in [-0.2, 0) is 19.6 Å². The van der Waals surface area contributed by atoms with Gasteiger partial charge in [-0.1, -0.05) is 41.8 Å². The molecular formula is C25H25ClN2O5S. The van der Waals surface area contributed by atoms with E-state index in [0.29, 0.717) is 16.8 Å². The Labute approximate surface area is 204 Å². The number of halogens is 1. The monoisotopic (exact) mass is 500 g/mol. The topological polar surface area (TPSA) is 84.9 Å². The molecule has 0 spiro atoms. The largest absolute Gasteiger partial charge is 0.495 e. The molecule has 0 amide bonds. The molecule has 0 bridgehead atoms. The molecular weight excluding hydrogens is 476 g/mol.